The first-order valence-electron chi connectivity index (χ1n) is 7.42. The average Bonchev–Trinajstić information content (AvgIpc) is 2.41. The molecule has 0 aliphatic heterocycles. The summed E-state index contributed by atoms with van der Waals surface area (Å²) in [6.07, 6.45) is 8.79. The van der Waals surface area contributed by atoms with Crippen molar-refractivity contribution in [1.82, 2.24) is 0 Å². The van der Waals surface area contributed by atoms with E-state index in [0.717, 1.165) is 23.5 Å². The monoisotopic (exact) mass is 262 g/mol. The molecule has 0 saturated heterocycles. The van der Waals surface area contributed by atoms with Crippen molar-refractivity contribution in [2.45, 2.75) is 58.3 Å². The number of carbonyl (C=O) groups excluding carboxylic acids is 1. The van der Waals surface area contributed by atoms with Crippen LogP contribution in [0.3, 0.4) is 0 Å². The van der Waals surface area contributed by atoms with Crippen LogP contribution < -0.4 is 0 Å². The van der Waals surface area contributed by atoms with Crippen LogP contribution in [-0.2, 0) is 11.2 Å². The van der Waals surface area contributed by atoms with Crippen LogP contribution in [0.1, 0.15) is 56.1 Å². The van der Waals surface area contributed by atoms with Crippen LogP contribution in [-0.4, -0.2) is 5.78 Å². The summed E-state index contributed by atoms with van der Waals surface area (Å²) >= 11 is 0. The Morgan fingerprint density at radius 1 is 1.26 bits per heavy atom. The van der Waals surface area contributed by atoms with Gasteiger partial charge in [-0.15, -0.1) is 0 Å². The van der Waals surface area contributed by atoms with Crippen molar-refractivity contribution in [3.8, 4) is 0 Å². The molecule has 0 radical (unpaired) electrons. The van der Waals surface area contributed by atoms with E-state index in [0.29, 0.717) is 18.6 Å². The molecule has 0 spiro atoms. The molecular formula is C17H23FO. The second-order valence-corrected chi connectivity index (χ2v) is 5.83. The van der Waals surface area contributed by atoms with Crippen molar-refractivity contribution in [1.29, 1.82) is 0 Å². The number of rotatable bonds is 5. The molecule has 0 N–H and O–H groups in total. The molecule has 1 nitrogen and oxygen atoms in total. The number of Topliss-reactive ketones (excluding diaryl/α,β-unsaturated/α-hetero) is 1. The predicted molar refractivity (Wildman–Crippen MR) is 75.7 cm³/mol. The van der Waals surface area contributed by atoms with Crippen molar-refractivity contribution < 1.29 is 9.18 Å². The third-order valence-electron chi connectivity index (χ3n) is 4.25. The first-order valence-corrected chi connectivity index (χ1v) is 7.42. The van der Waals surface area contributed by atoms with E-state index >= 15 is 0 Å². The highest BCUT2D eigenvalue weighted by Gasteiger charge is 2.15. The van der Waals surface area contributed by atoms with Crippen LogP contribution in [0, 0.1) is 18.7 Å². The van der Waals surface area contributed by atoms with Gasteiger partial charge in [-0.25, -0.2) is 4.39 Å². The Balaban J connectivity index is 1.80. The third kappa shape index (κ3) is 4.45. The molecule has 1 saturated carbocycles. The van der Waals surface area contributed by atoms with Gasteiger partial charge in [0.1, 0.15) is 11.6 Å². The summed E-state index contributed by atoms with van der Waals surface area (Å²) in [5.74, 6) is 0.822. The molecule has 104 valence electrons. The SMILES string of the molecule is Cc1cc(F)ccc1CC(=O)CCC1CCCCC1. The molecule has 1 aromatic rings. The van der Waals surface area contributed by atoms with Gasteiger partial charge < -0.3 is 0 Å². The Bertz CT molecular complexity index is 433. The number of hydrogen-bond donors (Lipinski definition) is 0. The Hall–Kier alpha value is -1.18. The van der Waals surface area contributed by atoms with E-state index in [1.54, 1.807) is 6.07 Å². The van der Waals surface area contributed by atoms with E-state index < -0.39 is 0 Å². The number of carbonyl (C=O) groups is 1. The van der Waals surface area contributed by atoms with E-state index in [9.17, 15) is 9.18 Å². The Morgan fingerprint density at radius 3 is 2.68 bits per heavy atom. The standard InChI is InChI=1S/C17H23FO/c1-13-11-16(18)9-8-15(13)12-17(19)10-7-14-5-3-2-4-6-14/h8-9,11,14H,2-7,10,12H2,1H3. The molecule has 1 aromatic carbocycles. The molecule has 0 bridgehead atoms. The first-order chi connectivity index (χ1) is 9.15. The maximum absolute atomic E-state index is 13.0. The molecule has 0 amide bonds. The molecule has 19 heavy (non-hydrogen) atoms. The summed E-state index contributed by atoms with van der Waals surface area (Å²) in [6.45, 7) is 1.87. The second-order valence-electron chi connectivity index (χ2n) is 5.83. The third-order valence-corrected chi connectivity index (χ3v) is 4.25. The van der Waals surface area contributed by atoms with Crippen molar-refractivity contribution in [3.05, 3.63) is 35.1 Å². The van der Waals surface area contributed by atoms with Gasteiger partial charge in [-0.05, 0) is 42.5 Å². The molecule has 0 aromatic heterocycles. The quantitative estimate of drug-likeness (QED) is 0.757. The maximum atomic E-state index is 13.0. The van der Waals surface area contributed by atoms with Gasteiger partial charge >= 0.3 is 0 Å². The van der Waals surface area contributed by atoms with Crippen LogP contribution in [0.15, 0.2) is 18.2 Å². The van der Waals surface area contributed by atoms with Gasteiger partial charge in [-0.2, -0.15) is 0 Å². The van der Waals surface area contributed by atoms with Crippen LogP contribution in [0.2, 0.25) is 0 Å². The molecule has 1 fully saturated rings. The van der Waals surface area contributed by atoms with Gasteiger partial charge in [-0.3, -0.25) is 4.79 Å². The molecular weight excluding hydrogens is 239 g/mol. The number of aryl methyl sites for hydroxylation is 1. The number of hydrogen-bond acceptors (Lipinski definition) is 1. The molecule has 1 aliphatic carbocycles. The van der Waals surface area contributed by atoms with Crippen LogP contribution >= 0.6 is 0 Å². The maximum Gasteiger partial charge on any atom is 0.137 e. The highest BCUT2D eigenvalue weighted by atomic mass is 19.1. The lowest BCUT2D eigenvalue weighted by atomic mass is 9.85. The zero-order valence-electron chi connectivity index (χ0n) is 11.8. The normalized spacial score (nSPS) is 16.5. The van der Waals surface area contributed by atoms with E-state index in [2.05, 4.69) is 0 Å². The summed E-state index contributed by atoms with van der Waals surface area (Å²) in [6, 6.07) is 4.68. The minimum atomic E-state index is -0.226. The minimum Gasteiger partial charge on any atom is -0.299 e. The second kappa shape index (κ2) is 6.83. The predicted octanol–water partition coefficient (Wildman–Crippen LogP) is 4.61. The Morgan fingerprint density at radius 2 is 2.00 bits per heavy atom. The largest absolute Gasteiger partial charge is 0.299 e. The zero-order valence-corrected chi connectivity index (χ0v) is 11.8. The fraction of sp³-hybridized carbons (Fsp3) is 0.588. The van der Waals surface area contributed by atoms with Gasteiger partial charge in [0.2, 0.25) is 0 Å². The van der Waals surface area contributed by atoms with Crippen molar-refractivity contribution >= 4 is 5.78 Å². The lowest BCUT2D eigenvalue weighted by Gasteiger charge is -2.20. The summed E-state index contributed by atoms with van der Waals surface area (Å²) in [5, 5.41) is 0. The molecule has 2 rings (SSSR count). The lowest BCUT2D eigenvalue weighted by Crippen LogP contribution is -2.10. The van der Waals surface area contributed by atoms with E-state index in [4.69, 9.17) is 0 Å². The van der Waals surface area contributed by atoms with Crippen LogP contribution in [0.25, 0.3) is 0 Å². The van der Waals surface area contributed by atoms with Crippen molar-refractivity contribution in [2.75, 3.05) is 0 Å². The van der Waals surface area contributed by atoms with E-state index in [1.807, 2.05) is 6.92 Å². The molecule has 0 atom stereocenters. The topological polar surface area (TPSA) is 17.1 Å². The van der Waals surface area contributed by atoms with Gasteiger partial charge in [0.15, 0.2) is 0 Å². The van der Waals surface area contributed by atoms with Gasteiger partial charge in [-0.1, -0.05) is 38.2 Å². The number of benzene rings is 1. The van der Waals surface area contributed by atoms with Crippen LogP contribution in [0.5, 0.6) is 0 Å². The summed E-state index contributed by atoms with van der Waals surface area (Å²) in [7, 11) is 0. The molecule has 2 heteroatoms. The van der Waals surface area contributed by atoms with Gasteiger partial charge in [0, 0.05) is 12.8 Å². The fourth-order valence-electron chi connectivity index (χ4n) is 3.00. The lowest BCUT2D eigenvalue weighted by molar-refractivity contribution is -0.118. The van der Waals surface area contributed by atoms with Gasteiger partial charge in [0.05, 0.1) is 0 Å². The van der Waals surface area contributed by atoms with E-state index in [1.165, 1.54) is 44.2 Å². The minimum absolute atomic E-state index is 0.226. The number of ketones is 1. The van der Waals surface area contributed by atoms with Crippen LogP contribution in [0.4, 0.5) is 4.39 Å². The summed E-state index contributed by atoms with van der Waals surface area (Å²) < 4.78 is 13.0. The highest BCUT2D eigenvalue weighted by Crippen LogP contribution is 2.27. The molecule has 1 aliphatic rings. The number of halogens is 1. The van der Waals surface area contributed by atoms with Gasteiger partial charge in [0.25, 0.3) is 0 Å². The van der Waals surface area contributed by atoms with Crippen molar-refractivity contribution in [3.63, 3.8) is 0 Å². The molecule has 0 heterocycles. The molecule has 0 unspecified atom stereocenters. The smallest absolute Gasteiger partial charge is 0.137 e. The van der Waals surface area contributed by atoms with Crippen molar-refractivity contribution in [2.24, 2.45) is 5.92 Å². The summed E-state index contributed by atoms with van der Waals surface area (Å²) in [5.41, 5.74) is 1.85. The highest BCUT2D eigenvalue weighted by molar-refractivity contribution is 5.81. The first kappa shape index (κ1) is 14.2. The summed E-state index contributed by atoms with van der Waals surface area (Å²) in [4.78, 5) is 12.0. The zero-order chi connectivity index (χ0) is 13.7. The Labute approximate surface area is 115 Å². The van der Waals surface area contributed by atoms with E-state index in [-0.39, 0.29) is 5.82 Å². The average molecular weight is 262 g/mol. The fourth-order valence-corrected chi connectivity index (χ4v) is 3.00. The Kier molecular flexibility index (Phi) is 5.12.